The number of carbonyl (C=O) groups is 3. The quantitative estimate of drug-likeness (QED) is 0.555. The van der Waals surface area contributed by atoms with Crippen molar-refractivity contribution in [1.82, 2.24) is 20.6 Å². The van der Waals surface area contributed by atoms with Crippen molar-refractivity contribution in [2.24, 2.45) is 0 Å². The molecule has 0 saturated heterocycles. The summed E-state index contributed by atoms with van der Waals surface area (Å²) in [6.45, 7) is 0.367. The highest BCUT2D eigenvalue weighted by Gasteiger charge is 2.17. The van der Waals surface area contributed by atoms with Crippen LogP contribution in [0.5, 0.6) is 0 Å². The van der Waals surface area contributed by atoms with Crippen LogP contribution >= 0.6 is 0 Å². The largest absolute Gasteiger partial charge is 0.346 e. The fraction of sp³-hybridized carbons (Fsp3) is 0.0952. The van der Waals surface area contributed by atoms with E-state index in [0.717, 1.165) is 0 Å². The van der Waals surface area contributed by atoms with Crippen molar-refractivity contribution in [1.29, 1.82) is 0 Å². The maximum Gasteiger partial charge on any atom is 0.313 e. The number of benzene rings is 1. The summed E-state index contributed by atoms with van der Waals surface area (Å²) in [5, 5.41) is 7.71. The number of pyridine rings is 2. The van der Waals surface area contributed by atoms with Gasteiger partial charge in [0.1, 0.15) is 0 Å². The number of anilines is 1. The van der Waals surface area contributed by atoms with Gasteiger partial charge < -0.3 is 16.0 Å². The maximum atomic E-state index is 12.5. The van der Waals surface area contributed by atoms with E-state index < -0.39 is 11.8 Å². The number of amides is 3. The van der Waals surface area contributed by atoms with Crippen molar-refractivity contribution in [3.05, 3.63) is 90.0 Å². The third-order valence-electron chi connectivity index (χ3n) is 3.94. The molecule has 0 spiro atoms. The molecule has 3 rings (SSSR count). The van der Waals surface area contributed by atoms with Gasteiger partial charge in [-0.05, 0) is 36.4 Å². The second-order valence-corrected chi connectivity index (χ2v) is 6.01. The van der Waals surface area contributed by atoms with Gasteiger partial charge in [0, 0.05) is 12.4 Å². The molecule has 8 heteroatoms. The van der Waals surface area contributed by atoms with Gasteiger partial charge in [0.25, 0.3) is 5.91 Å². The molecule has 8 nitrogen and oxygen atoms in total. The van der Waals surface area contributed by atoms with Gasteiger partial charge in [-0.1, -0.05) is 24.3 Å². The van der Waals surface area contributed by atoms with E-state index in [1.54, 1.807) is 67.0 Å². The zero-order valence-corrected chi connectivity index (χ0v) is 15.5. The summed E-state index contributed by atoms with van der Waals surface area (Å²) in [6.07, 6.45) is 3.24. The predicted octanol–water partition coefficient (Wildman–Crippen LogP) is 1.66. The van der Waals surface area contributed by atoms with Crippen LogP contribution in [0.15, 0.2) is 73.1 Å². The van der Waals surface area contributed by atoms with Crippen molar-refractivity contribution in [2.45, 2.75) is 13.1 Å². The first-order chi connectivity index (χ1) is 14.1. The monoisotopic (exact) mass is 389 g/mol. The van der Waals surface area contributed by atoms with Gasteiger partial charge in [-0.25, -0.2) is 0 Å². The number of aromatic nitrogens is 2. The van der Waals surface area contributed by atoms with E-state index in [1.165, 1.54) is 0 Å². The molecule has 3 aromatic rings. The maximum absolute atomic E-state index is 12.5. The van der Waals surface area contributed by atoms with E-state index in [1.807, 2.05) is 6.07 Å². The van der Waals surface area contributed by atoms with Crippen LogP contribution in [0.3, 0.4) is 0 Å². The van der Waals surface area contributed by atoms with Crippen LogP contribution in [0.25, 0.3) is 0 Å². The molecule has 2 aromatic heterocycles. The molecule has 0 aliphatic carbocycles. The lowest BCUT2D eigenvalue weighted by molar-refractivity contribution is -0.136. The Kier molecular flexibility index (Phi) is 6.62. The number of nitrogens with zero attached hydrogens (tertiary/aromatic N) is 2. The number of para-hydroxylation sites is 1. The lowest BCUT2D eigenvalue weighted by Gasteiger charge is -2.11. The van der Waals surface area contributed by atoms with E-state index in [-0.39, 0.29) is 30.2 Å². The van der Waals surface area contributed by atoms with Crippen molar-refractivity contribution in [3.63, 3.8) is 0 Å². The molecule has 0 radical (unpaired) electrons. The van der Waals surface area contributed by atoms with Crippen LogP contribution in [0.1, 0.15) is 21.7 Å². The number of rotatable bonds is 6. The standard InChI is InChI=1S/C21H19N5O3/c27-19(24-13-15-7-3-5-11-22-15)17-9-1-2-10-18(17)26-21(29)20(28)25-14-16-8-4-6-12-23-16/h1-12H,13-14H2,(H,24,27)(H,25,28)(H,26,29). The van der Waals surface area contributed by atoms with Gasteiger partial charge in [-0.15, -0.1) is 0 Å². The lowest BCUT2D eigenvalue weighted by Crippen LogP contribution is -2.35. The Morgan fingerprint density at radius 2 is 1.28 bits per heavy atom. The second-order valence-electron chi connectivity index (χ2n) is 6.01. The lowest BCUT2D eigenvalue weighted by atomic mass is 10.1. The fourth-order valence-corrected chi connectivity index (χ4v) is 2.49. The molecule has 0 atom stereocenters. The minimum absolute atomic E-state index is 0.124. The van der Waals surface area contributed by atoms with E-state index in [4.69, 9.17) is 0 Å². The van der Waals surface area contributed by atoms with Gasteiger partial charge in [-0.3, -0.25) is 24.4 Å². The SMILES string of the molecule is O=C(NCc1ccccn1)C(=O)Nc1ccccc1C(=O)NCc1ccccn1. The normalized spacial score (nSPS) is 10.1. The average molecular weight is 389 g/mol. The van der Waals surface area contributed by atoms with Gasteiger partial charge in [-0.2, -0.15) is 0 Å². The molecule has 3 N–H and O–H groups in total. The van der Waals surface area contributed by atoms with Crippen molar-refractivity contribution in [3.8, 4) is 0 Å². The summed E-state index contributed by atoms with van der Waals surface area (Å²) in [4.78, 5) is 45.0. The van der Waals surface area contributed by atoms with Gasteiger partial charge in [0.15, 0.2) is 0 Å². The number of hydrogen-bond acceptors (Lipinski definition) is 5. The molecule has 29 heavy (non-hydrogen) atoms. The molecule has 0 bridgehead atoms. The van der Waals surface area contributed by atoms with Gasteiger partial charge >= 0.3 is 11.8 Å². The van der Waals surface area contributed by atoms with Crippen molar-refractivity contribution < 1.29 is 14.4 Å². The summed E-state index contributed by atoms with van der Waals surface area (Å²) in [5.41, 5.74) is 1.82. The minimum atomic E-state index is -0.870. The van der Waals surface area contributed by atoms with E-state index >= 15 is 0 Å². The Morgan fingerprint density at radius 1 is 0.690 bits per heavy atom. The molecule has 146 valence electrons. The zero-order valence-electron chi connectivity index (χ0n) is 15.5. The molecular formula is C21H19N5O3. The molecule has 0 aliphatic heterocycles. The summed E-state index contributed by atoms with van der Waals surface area (Å²) >= 11 is 0. The third-order valence-corrected chi connectivity index (χ3v) is 3.94. The molecule has 0 aliphatic rings. The molecule has 1 aromatic carbocycles. The van der Waals surface area contributed by atoms with Crippen molar-refractivity contribution in [2.75, 3.05) is 5.32 Å². The molecule has 3 amide bonds. The van der Waals surface area contributed by atoms with E-state index in [0.29, 0.717) is 11.4 Å². The second kappa shape index (κ2) is 9.75. The van der Waals surface area contributed by atoms with Crippen LogP contribution in [-0.4, -0.2) is 27.7 Å². The summed E-state index contributed by atoms with van der Waals surface area (Å²) < 4.78 is 0. The molecular weight excluding hydrogens is 370 g/mol. The number of nitrogens with one attached hydrogen (secondary N) is 3. The first-order valence-electron chi connectivity index (χ1n) is 8.89. The highest BCUT2D eigenvalue weighted by atomic mass is 16.2. The predicted molar refractivity (Wildman–Crippen MR) is 107 cm³/mol. The fourth-order valence-electron chi connectivity index (χ4n) is 2.49. The Balaban J connectivity index is 1.59. The Labute approximate surface area is 167 Å². The van der Waals surface area contributed by atoms with E-state index in [9.17, 15) is 14.4 Å². The van der Waals surface area contributed by atoms with Crippen LogP contribution in [-0.2, 0) is 22.7 Å². The summed E-state index contributed by atoms with van der Waals surface area (Å²) in [5.74, 6) is -2.08. The van der Waals surface area contributed by atoms with Crippen LogP contribution in [0.2, 0.25) is 0 Å². The smallest absolute Gasteiger partial charge is 0.313 e. The van der Waals surface area contributed by atoms with Gasteiger partial charge in [0.05, 0.1) is 35.7 Å². The highest BCUT2D eigenvalue weighted by molar-refractivity contribution is 6.40. The molecule has 0 saturated carbocycles. The van der Waals surface area contributed by atoms with Crippen LogP contribution < -0.4 is 16.0 Å². The third kappa shape index (κ3) is 5.70. The average Bonchev–Trinajstić information content (AvgIpc) is 2.77. The molecule has 0 fully saturated rings. The van der Waals surface area contributed by atoms with Gasteiger partial charge in [0.2, 0.25) is 0 Å². The number of carbonyl (C=O) groups excluding carboxylic acids is 3. The molecule has 2 heterocycles. The van der Waals surface area contributed by atoms with Crippen LogP contribution in [0, 0.1) is 0 Å². The first-order valence-corrected chi connectivity index (χ1v) is 8.89. The summed E-state index contributed by atoms with van der Waals surface area (Å²) in [6, 6.07) is 17.1. The summed E-state index contributed by atoms with van der Waals surface area (Å²) in [7, 11) is 0. The Hall–Kier alpha value is -4.07. The van der Waals surface area contributed by atoms with E-state index in [2.05, 4.69) is 25.9 Å². The first kappa shape index (κ1) is 19.7. The van der Waals surface area contributed by atoms with Crippen LogP contribution in [0.4, 0.5) is 5.69 Å². The topological polar surface area (TPSA) is 113 Å². The Morgan fingerprint density at radius 3 is 1.90 bits per heavy atom. The Bertz CT molecular complexity index is 993. The highest BCUT2D eigenvalue weighted by Crippen LogP contribution is 2.15. The molecule has 0 unspecified atom stereocenters. The minimum Gasteiger partial charge on any atom is -0.346 e. The number of hydrogen-bond donors (Lipinski definition) is 3. The zero-order chi connectivity index (χ0) is 20.5. The van der Waals surface area contributed by atoms with Crippen molar-refractivity contribution >= 4 is 23.4 Å².